The fraction of sp³-hybridized carbons (Fsp3) is 0.412. The van der Waals surface area contributed by atoms with Crippen molar-refractivity contribution in [2.75, 3.05) is 13.6 Å². The van der Waals surface area contributed by atoms with Crippen LogP contribution in [0.15, 0.2) is 30.3 Å². The Morgan fingerprint density at radius 3 is 2.28 bits per heavy atom. The van der Waals surface area contributed by atoms with Gasteiger partial charge in [0.25, 0.3) is 5.91 Å². The quantitative estimate of drug-likeness (QED) is 0.777. The average molecular weight is 364 g/mol. The lowest BCUT2D eigenvalue weighted by molar-refractivity contribution is -0.137. The van der Waals surface area contributed by atoms with Gasteiger partial charge in [0.15, 0.2) is 0 Å². The molecule has 1 aromatic rings. The first-order valence-corrected chi connectivity index (χ1v) is 8.63. The molecule has 25 heavy (non-hydrogen) atoms. The maximum absolute atomic E-state index is 12.3. The van der Waals surface area contributed by atoms with Crippen molar-refractivity contribution in [3.63, 3.8) is 0 Å². The van der Waals surface area contributed by atoms with Gasteiger partial charge in [0.2, 0.25) is 5.12 Å². The van der Waals surface area contributed by atoms with Crippen molar-refractivity contribution >= 4 is 34.8 Å². The maximum Gasteiger partial charge on any atom is 0.327 e. The molecule has 0 aliphatic carbocycles. The number of carboxylic acid groups (broad SMARTS) is 1. The summed E-state index contributed by atoms with van der Waals surface area (Å²) in [5, 5.41) is 7.96. The second-order valence-corrected chi connectivity index (χ2v) is 7.42. The van der Waals surface area contributed by atoms with E-state index >= 15 is 0 Å². The molecular formula is C17H20N2O5S. The molecule has 0 radical (unpaired) electrons. The van der Waals surface area contributed by atoms with E-state index in [-0.39, 0.29) is 24.0 Å². The first-order valence-electron chi connectivity index (χ1n) is 7.75. The number of aliphatic carboxylic acids is 1. The van der Waals surface area contributed by atoms with Gasteiger partial charge in [-0.3, -0.25) is 19.3 Å². The van der Waals surface area contributed by atoms with E-state index in [0.717, 1.165) is 4.90 Å². The molecule has 0 aromatic heterocycles. The Hall–Kier alpha value is -2.35. The van der Waals surface area contributed by atoms with Crippen LogP contribution in [-0.4, -0.2) is 62.3 Å². The molecule has 3 amide bonds. The molecule has 1 heterocycles. The number of urea groups is 1. The molecule has 0 unspecified atom stereocenters. The third-order valence-electron chi connectivity index (χ3n) is 4.27. The summed E-state index contributed by atoms with van der Waals surface area (Å²) in [6.07, 6.45) is -0.0000262. The predicted molar refractivity (Wildman–Crippen MR) is 93.4 cm³/mol. The van der Waals surface area contributed by atoms with E-state index < -0.39 is 22.8 Å². The summed E-state index contributed by atoms with van der Waals surface area (Å²) in [6.45, 7) is 3.22. The normalized spacial score (nSPS) is 17.7. The number of carboxylic acids is 1. The van der Waals surface area contributed by atoms with Crippen molar-refractivity contribution in [2.24, 2.45) is 0 Å². The zero-order chi connectivity index (χ0) is 18.8. The van der Waals surface area contributed by atoms with Gasteiger partial charge in [-0.15, -0.1) is 0 Å². The van der Waals surface area contributed by atoms with Crippen LogP contribution < -0.4 is 0 Å². The number of carbonyl (C=O) groups excluding carboxylic acids is 3. The molecule has 1 atom stereocenters. The predicted octanol–water partition coefficient (Wildman–Crippen LogP) is 2.08. The van der Waals surface area contributed by atoms with Crippen LogP contribution in [0, 0.1) is 0 Å². The fourth-order valence-electron chi connectivity index (χ4n) is 2.43. The van der Waals surface area contributed by atoms with E-state index in [1.807, 2.05) is 0 Å². The van der Waals surface area contributed by atoms with E-state index in [1.54, 1.807) is 44.2 Å². The maximum atomic E-state index is 12.3. The van der Waals surface area contributed by atoms with Crippen LogP contribution in [0.2, 0.25) is 0 Å². The van der Waals surface area contributed by atoms with Gasteiger partial charge in [-0.1, -0.05) is 42.1 Å². The minimum absolute atomic E-state index is 0.0000262. The van der Waals surface area contributed by atoms with Gasteiger partial charge in [0.1, 0.15) is 10.8 Å². The number of thioether (sulfide) groups is 1. The molecule has 8 heteroatoms. The highest BCUT2D eigenvalue weighted by molar-refractivity contribution is 8.15. The van der Waals surface area contributed by atoms with Crippen LogP contribution in [0.4, 0.5) is 4.79 Å². The Morgan fingerprint density at radius 1 is 1.20 bits per heavy atom. The molecule has 1 aromatic carbocycles. The minimum atomic E-state index is -1.15. The Kier molecular flexibility index (Phi) is 5.52. The molecule has 134 valence electrons. The number of imide groups is 1. The van der Waals surface area contributed by atoms with Gasteiger partial charge in [-0.05, 0) is 20.3 Å². The van der Waals surface area contributed by atoms with Crippen LogP contribution in [0.5, 0.6) is 0 Å². The number of hydrogen-bond acceptors (Lipinski definition) is 5. The van der Waals surface area contributed by atoms with Crippen molar-refractivity contribution in [1.82, 2.24) is 9.80 Å². The van der Waals surface area contributed by atoms with Gasteiger partial charge < -0.3 is 10.0 Å². The first-order chi connectivity index (χ1) is 11.7. The lowest BCUT2D eigenvalue weighted by atomic mass is 10.1. The van der Waals surface area contributed by atoms with Crippen molar-refractivity contribution in [3.8, 4) is 0 Å². The Bertz CT molecular complexity index is 704. The third kappa shape index (κ3) is 3.84. The topological polar surface area (TPSA) is 95.0 Å². The molecule has 2 rings (SSSR count). The third-order valence-corrected chi connectivity index (χ3v) is 5.45. The second kappa shape index (κ2) is 7.26. The fourth-order valence-corrected chi connectivity index (χ4v) is 3.28. The number of benzene rings is 1. The van der Waals surface area contributed by atoms with Gasteiger partial charge in [-0.2, -0.15) is 0 Å². The number of nitrogens with zero attached hydrogens (tertiary/aromatic N) is 2. The van der Waals surface area contributed by atoms with Gasteiger partial charge in [0.05, 0.1) is 0 Å². The Balaban J connectivity index is 2.03. The molecule has 0 bridgehead atoms. The van der Waals surface area contributed by atoms with E-state index in [0.29, 0.717) is 17.3 Å². The summed E-state index contributed by atoms with van der Waals surface area (Å²) in [7, 11) is 1.53. The summed E-state index contributed by atoms with van der Waals surface area (Å²) in [4.78, 5) is 50.5. The van der Waals surface area contributed by atoms with E-state index in [9.17, 15) is 24.3 Å². The standard InChI is InChI=1S/C17H20N2O5S/c1-17(2)15(23)19(16(24)18(17)3)10-9-12(13(20)21)25-14(22)11-7-5-4-6-8-11/h4-8,12H,9-10H2,1-3H3,(H,20,21)/t12-/m0/s1. The first kappa shape index (κ1) is 19.0. The molecule has 7 nitrogen and oxygen atoms in total. The van der Waals surface area contributed by atoms with Crippen molar-refractivity contribution in [2.45, 2.75) is 31.1 Å². The SMILES string of the molecule is CN1C(=O)N(CC[C@H](SC(=O)c2ccccc2)C(=O)O)C(=O)C1(C)C. The summed E-state index contributed by atoms with van der Waals surface area (Å²) < 4.78 is 0. The number of amides is 3. The number of rotatable bonds is 6. The molecule has 0 saturated carbocycles. The van der Waals surface area contributed by atoms with Crippen molar-refractivity contribution in [1.29, 1.82) is 0 Å². The van der Waals surface area contributed by atoms with Crippen LogP contribution in [0.25, 0.3) is 0 Å². The van der Waals surface area contributed by atoms with Crippen LogP contribution >= 0.6 is 11.8 Å². The Labute approximate surface area is 150 Å². The van der Waals surface area contributed by atoms with Crippen LogP contribution in [0.3, 0.4) is 0 Å². The molecule has 1 N–H and O–H groups in total. The van der Waals surface area contributed by atoms with Gasteiger partial charge in [0, 0.05) is 19.2 Å². The molecular weight excluding hydrogens is 344 g/mol. The van der Waals surface area contributed by atoms with Gasteiger partial charge in [-0.25, -0.2) is 4.79 Å². The summed E-state index contributed by atoms with van der Waals surface area (Å²) in [6, 6.07) is 7.92. The summed E-state index contributed by atoms with van der Waals surface area (Å²) in [5.41, 5.74) is -0.545. The van der Waals surface area contributed by atoms with E-state index in [4.69, 9.17) is 0 Å². The highest BCUT2D eigenvalue weighted by Gasteiger charge is 2.49. The molecule has 0 spiro atoms. The zero-order valence-corrected chi connectivity index (χ0v) is 15.1. The van der Waals surface area contributed by atoms with Crippen molar-refractivity contribution in [3.05, 3.63) is 35.9 Å². The Morgan fingerprint density at radius 2 is 1.80 bits per heavy atom. The molecule has 1 aliphatic rings. The van der Waals surface area contributed by atoms with Crippen LogP contribution in [-0.2, 0) is 9.59 Å². The minimum Gasteiger partial charge on any atom is -0.480 e. The highest BCUT2D eigenvalue weighted by atomic mass is 32.2. The number of carbonyl (C=O) groups is 4. The number of likely N-dealkylation sites (N-methyl/N-ethyl adjacent to an activating group) is 1. The summed E-state index contributed by atoms with van der Waals surface area (Å²) >= 11 is 0.691. The second-order valence-electron chi connectivity index (χ2n) is 6.24. The molecule has 1 saturated heterocycles. The highest BCUT2D eigenvalue weighted by Crippen LogP contribution is 2.27. The van der Waals surface area contributed by atoms with Crippen molar-refractivity contribution < 1.29 is 24.3 Å². The molecule has 1 fully saturated rings. The monoisotopic (exact) mass is 364 g/mol. The summed E-state index contributed by atoms with van der Waals surface area (Å²) in [5.74, 6) is -1.52. The average Bonchev–Trinajstić information content (AvgIpc) is 2.73. The number of hydrogen-bond donors (Lipinski definition) is 1. The molecule has 1 aliphatic heterocycles. The van der Waals surface area contributed by atoms with Crippen LogP contribution in [0.1, 0.15) is 30.6 Å². The van der Waals surface area contributed by atoms with E-state index in [1.165, 1.54) is 11.9 Å². The van der Waals surface area contributed by atoms with E-state index in [2.05, 4.69) is 0 Å². The smallest absolute Gasteiger partial charge is 0.327 e. The van der Waals surface area contributed by atoms with Gasteiger partial charge >= 0.3 is 12.0 Å². The largest absolute Gasteiger partial charge is 0.480 e. The zero-order valence-electron chi connectivity index (χ0n) is 14.3. The lowest BCUT2D eigenvalue weighted by Crippen LogP contribution is -2.41. The lowest BCUT2D eigenvalue weighted by Gasteiger charge is -2.22.